The summed E-state index contributed by atoms with van der Waals surface area (Å²) in [6, 6.07) is 0. The fourth-order valence-corrected chi connectivity index (χ4v) is 6.99. The van der Waals surface area contributed by atoms with Crippen LogP contribution in [0.2, 0.25) is 0 Å². The lowest BCUT2D eigenvalue weighted by molar-refractivity contribution is -0.0433. The van der Waals surface area contributed by atoms with Crippen molar-refractivity contribution in [1.29, 1.82) is 0 Å². The summed E-state index contributed by atoms with van der Waals surface area (Å²) in [7, 11) is 0. The number of hydrogen-bond acceptors (Lipinski definition) is 2. The maximum absolute atomic E-state index is 11.9. The van der Waals surface area contributed by atoms with Gasteiger partial charge in [-0.2, -0.15) is 0 Å². The topological polar surface area (TPSA) is 40.5 Å². The summed E-state index contributed by atoms with van der Waals surface area (Å²) >= 11 is 0. The lowest BCUT2D eigenvalue weighted by Crippen LogP contribution is -2.45. The van der Waals surface area contributed by atoms with Crippen LogP contribution in [0, 0.1) is 53.3 Å². The van der Waals surface area contributed by atoms with Crippen molar-refractivity contribution in [3.05, 3.63) is 0 Å². The molecule has 0 amide bonds. The molecule has 0 aliphatic heterocycles. The van der Waals surface area contributed by atoms with E-state index in [1.165, 1.54) is 57.8 Å². The zero-order valence-electron chi connectivity index (χ0n) is 20.3. The Morgan fingerprint density at radius 2 is 1.00 bits per heavy atom. The highest BCUT2D eigenvalue weighted by Crippen LogP contribution is 2.43. The molecule has 0 bridgehead atoms. The van der Waals surface area contributed by atoms with Crippen molar-refractivity contribution in [1.82, 2.24) is 0 Å². The van der Waals surface area contributed by atoms with E-state index in [-0.39, 0.29) is 0 Å². The predicted molar refractivity (Wildman–Crippen MR) is 132 cm³/mol. The maximum atomic E-state index is 11.9. The first-order valence-corrected chi connectivity index (χ1v) is 14.1. The van der Waals surface area contributed by atoms with E-state index in [1.54, 1.807) is 0 Å². The minimum Gasteiger partial charge on any atom is -0.380 e. The van der Waals surface area contributed by atoms with E-state index in [1.807, 2.05) is 0 Å². The second-order valence-corrected chi connectivity index (χ2v) is 11.4. The molecule has 2 nitrogen and oxygen atoms in total. The Morgan fingerprint density at radius 3 is 1.50 bits per heavy atom. The lowest BCUT2D eigenvalue weighted by Gasteiger charge is -2.42. The van der Waals surface area contributed by atoms with Gasteiger partial charge in [-0.05, 0) is 82.0 Å². The second-order valence-electron chi connectivity index (χ2n) is 11.4. The van der Waals surface area contributed by atoms with Crippen LogP contribution in [0.25, 0.3) is 0 Å². The summed E-state index contributed by atoms with van der Waals surface area (Å²) in [5.41, 5.74) is -0.748. The second kappa shape index (κ2) is 12.0. The third-order valence-corrected chi connectivity index (χ3v) is 9.19. The van der Waals surface area contributed by atoms with Crippen molar-refractivity contribution in [2.24, 2.45) is 29.6 Å². The minimum absolute atomic E-state index is 0.385. The Hall–Kier alpha value is -0.960. The van der Waals surface area contributed by atoms with Gasteiger partial charge in [-0.25, -0.2) is 0 Å². The summed E-state index contributed by atoms with van der Waals surface area (Å²) < 4.78 is 0. The third-order valence-electron chi connectivity index (χ3n) is 9.19. The molecule has 4 rings (SSSR count). The average Bonchev–Trinajstić information content (AvgIpc) is 2.88. The monoisotopic (exact) mass is 438 g/mol. The Bertz CT molecular complexity index is 660. The molecule has 4 aliphatic rings. The molecule has 0 spiro atoms. The Balaban J connectivity index is 1.33. The average molecular weight is 439 g/mol. The van der Waals surface area contributed by atoms with Gasteiger partial charge in [0, 0.05) is 11.8 Å². The molecule has 0 heterocycles. The van der Waals surface area contributed by atoms with Gasteiger partial charge < -0.3 is 10.2 Å². The normalized spacial score (nSPS) is 29.9. The molecule has 1 atom stereocenters. The van der Waals surface area contributed by atoms with E-state index in [0.29, 0.717) is 29.6 Å². The van der Waals surface area contributed by atoms with Crippen molar-refractivity contribution in [3.63, 3.8) is 0 Å². The van der Waals surface area contributed by atoms with Crippen LogP contribution in [0.5, 0.6) is 0 Å². The van der Waals surface area contributed by atoms with Crippen molar-refractivity contribution in [3.8, 4) is 23.7 Å². The summed E-state index contributed by atoms with van der Waals surface area (Å²) in [5, 5.41) is 22.3. The predicted octanol–water partition coefficient (Wildman–Crippen LogP) is 6.63. The van der Waals surface area contributed by atoms with Crippen molar-refractivity contribution in [2.75, 3.05) is 0 Å². The molecule has 4 saturated carbocycles. The van der Waals surface area contributed by atoms with E-state index in [4.69, 9.17) is 0 Å². The van der Waals surface area contributed by atoms with Crippen LogP contribution in [-0.2, 0) is 0 Å². The van der Waals surface area contributed by atoms with Gasteiger partial charge in [0.25, 0.3) is 0 Å². The van der Waals surface area contributed by atoms with Gasteiger partial charge in [-0.15, -0.1) is 0 Å². The molecule has 0 aromatic carbocycles. The molecule has 2 heteroatoms. The molecular weight excluding hydrogens is 392 g/mol. The highest BCUT2D eigenvalue weighted by molar-refractivity contribution is 5.21. The van der Waals surface area contributed by atoms with Crippen LogP contribution in [0.4, 0.5) is 0 Å². The SMILES string of the molecule is OC(C#CC1CCC(C#CC(O)(C2CCCCC2)C2CCCCC2)CC1)C1CCCCC1. The molecule has 178 valence electrons. The summed E-state index contributed by atoms with van der Waals surface area (Å²) in [5.74, 6) is 15.8. The first-order valence-electron chi connectivity index (χ1n) is 14.1. The molecule has 0 aromatic heterocycles. The molecule has 4 aliphatic carbocycles. The van der Waals surface area contributed by atoms with Crippen molar-refractivity contribution in [2.45, 2.75) is 134 Å². The Morgan fingerprint density at radius 1 is 0.562 bits per heavy atom. The summed E-state index contributed by atoms with van der Waals surface area (Å²) in [6.07, 6.45) is 22.4. The van der Waals surface area contributed by atoms with Gasteiger partial charge in [0.2, 0.25) is 0 Å². The van der Waals surface area contributed by atoms with Gasteiger partial charge in [0.1, 0.15) is 11.7 Å². The fourth-order valence-electron chi connectivity index (χ4n) is 6.99. The first-order chi connectivity index (χ1) is 15.6. The van der Waals surface area contributed by atoms with Crippen LogP contribution in [0.15, 0.2) is 0 Å². The standard InChI is InChI=1S/C30H46O2/c31-29(26-10-4-1-5-11-26)21-20-24-16-18-25(19-17-24)22-23-30(32,27-12-6-2-7-13-27)28-14-8-3-9-15-28/h24-29,31-32H,1-19H2. The molecule has 2 N–H and O–H groups in total. The zero-order valence-corrected chi connectivity index (χ0v) is 20.3. The number of aliphatic hydroxyl groups is 2. The number of rotatable bonds is 3. The lowest BCUT2D eigenvalue weighted by atomic mass is 9.66. The van der Waals surface area contributed by atoms with Gasteiger partial charge in [0.15, 0.2) is 0 Å². The summed E-state index contributed by atoms with van der Waals surface area (Å²) in [6.45, 7) is 0. The van der Waals surface area contributed by atoms with Gasteiger partial charge in [0.05, 0.1) is 0 Å². The molecule has 1 unspecified atom stereocenters. The van der Waals surface area contributed by atoms with E-state index >= 15 is 0 Å². The number of aliphatic hydroxyl groups excluding tert-OH is 1. The molecule has 0 radical (unpaired) electrons. The third kappa shape index (κ3) is 6.33. The largest absolute Gasteiger partial charge is 0.380 e. The molecule has 4 fully saturated rings. The smallest absolute Gasteiger partial charge is 0.131 e. The van der Waals surface area contributed by atoms with Crippen molar-refractivity contribution >= 4 is 0 Å². The highest BCUT2D eigenvalue weighted by atomic mass is 16.3. The molecular formula is C30H46O2. The van der Waals surface area contributed by atoms with Crippen LogP contribution in [0.1, 0.15) is 122 Å². The van der Waals surface area contributed by atoms with Crippen LogP contribution >= 0.6 is 0 Å². The van der Waals surface area contributed by atoms with E-state index in [9.17, 15) is 10.2 Å². The molecule has 0 aromatic rings. The van der Waals surface area contributed by atoms with Crippen LogP contribution < -0.4 is 0 Å². The fraction of sp³-hybridized carbons (Fsp3) is 0.867. The van der Waals surface area contributed by atoms with Gasteiger partial charge >= 0.3 is 0 Å². The Kier molecular flexibility index (Phi) is 9.03. The van der Waals surface area contributed by atoms with Crippen LogP contribution in [0.3, 0.4) is 0 Å². The van der Waals surface area contributed by atoms with Crippen LogP contribution in [-0.4, -0.2) is 21.9 Å². The quantitative estimate of drug-likeness (QED) is 0.485. The van der Waals surface area contributed by atoms with Gasteiger partial charge in [-0.3, -0.25) is 0 Å². The zero-order chi connectivity index (χ0) is 22.2. The van der Waals surface area contributed by atoms with E-state index in [2.05, 4.69) is 23.7 Å². The molecule has 0 saturated heterocycles. The maximum Gasteiger partial charge on any atom is 0.131 e. The van der Waals surface area contributed by atoms with E-state index in [0.717, 1.165) is 64.2 Å². The highest BCUT2D eigenvalue weighted by Gasteiger charge is 2.43. The minimum atomic E-state index is -0.748. The molecule has 32 heavy (non-hydrogen) atoms. The summed E-state index contributed by atoms with van der Waals surface area (Å²) in [4.78, 5) is 0. The first kappa shape index (κ1) is 24.2. The number of hydrogen-bond donors (Lipinski definition) is 2. The Labute approximate surface area is 197 Å². The van der Waals surface area contributed by atoms with Crippen molar-refractivity contribution < 1.29 is 10.2 Å². The van der Waals surface area contributed by atoms with Gasteiger partial charge in [-0.1, -0.05) is 81.5 Å². The van der Waals surface area contributed by atoms with E-state index < -0.39 is 11.7 Å².